The molecular weight excluding hydrogens is 455 g/mol. The van der Waals surface area contributed by atoms with E-state index in [1.54, 1.807) is 42.5 Å². The number of ether oxygens (including phenoxy) is 2. The van der Waals surface area contributed by atoms with Crippen LogP contribution in [0, 0.1) is 5.82 Å². The molecule has 0 aliphatic heterocycles. The monoisotopic (exact) mass is 470 g/mol. The van der Waals surface area contributed by atoms with Gasteiger partial charge in [0.2, 0.25) is 0 Å². The third-order valence-electron chi connectivity index (χ3n) is 3.94. The summed E-state index contributed by atoms with van der Waals surface area (Å²) in [6, 6.07) is 16.8. The smallest absolute Gasteiger partial charge is 0.343 e. The largest absolute Gasteiger partial charge is 0.493 e. The van der Waals surface area contributed by atoms with Crippen LogP contribution in [-0.2, 0) is 0 Å². The standard InChI is InChI=1S/C22H16BrFN2O4/c1-29-20-11-14(13-25-26-21(27)15-6-8-18(24)9-7-15)5-10-19(20)30-22(28)16-3-2-4-17(23)12-16/h2-13H,1H3,(H,26,27). The van der Waals surface area contributed by atoms with E-state index in [2.05, 4.69) is 26.5 Å². The highest BCUT2D eigenvalue weighted by atomic mass is 79.9. The third-order valence-corrected chi connectivity index (χ3v) is 4.43. The molecule has 0 fully saturated rings. The molecule has 0 unspecified atom stereocenters. The molecule has 0 heterocycles. The Bertz CT molecular complexity index is 1100. The fourth-order valence-electron chi connectivity index (χ4n) is 2.45. The second-order valence-corrected chi connectivity index (χ2v) is 6.93. The van der Waals surface area contributed by atoms with E-state index in [1.165, 1.54) is 37.6 Å². The van der Waals surface area contributed by atoms with Crippen LogP contribution in [0.15, 0.2) is 76.3 Å². The minimum atomic E-state index is -0.525. The van der Waals surface area contributed by atoms with Crippen LogP contribution in [-0.4, -0.2) is 25.2 Å². The first-order valence-electron chi connectivity index (χ1n) is 8.71. The van der Waals surface area contributed by atoms with E-state index in [-0.39, 0.29) is 11.3 Å². The van der Waals surface area contributed by atoms with Crippen molar-refractivity contribution in [2.24, 2.45) is 5.10 Å². The lowest BCUT2D eigenvalue weighted by molar-refractivity contribution is 0.0729. The highest BCUT2D eigenvalue weighted by Gasteiger charge is 2.13. The summed E-state index contributed by atoms with van der Waals surface area (Å²) in [4.78, 5) is 24.3. The van der Waals surface area contributed by atoms with Gasteiger partial charge in [0.25, 0.3) is 5.91 Å². The van der Waals surface area contributed by atoms with Crippen LogP contribution in [0.5, 0.6) is 11.5 Å². The van der Waals surface area contributed by atoms with E-state index < -0.39 is 17.7 Å². The number of hydrogen-bond acceptors (Lipinski definition) is 5. The zero-order chi connectivity index (χ0) is 21.5. The van der Waals surface area contributed by atoms with Crippen molar-refractivity contribution in [2.45, 2.75) is 0 Å². The van der Waals surface area contributed by atoms with Crippen molar-refractivity contribution < 1.29 is 23.5 Å². The first kappa shape index (κ1) is 21.2. The van der Waals surface area contributed by atoms with Crippen molar-refractivity contribution >= 4 is 34.0 Å². The Kier molecular flexibility index (Phi) is 6.92. The van der Waals surface area contributed by atoms with Gasteiger partial charge in [-0.25, -0.2) is 14.6 Å². The molecule has 30 heavy (non-hydrogen) atoms. The molecule has 0 saturated carbocycles. The molecule has 0 bridgehead atoms. The summed E-state index contributed by atoms with van der Waals surface area (Å²) in [5.41, 5.74) is 3.63. The first-order valence-corrected chi connectivity index (χ1v) is 9.50. The second kappa shape index (κ2) is 9.80. The van der Waals surface area contributed by atoms with Gasteiger partial charge in [0, 0.05) is 10.0 Å². The van der Waals surface area contributed by atoms with E-state index in [1.807, 2.05) is 0 Å². The Morgan fingerprint density at radius 3 is 2.47 bits per heavy atom. The van der Waals surface area contributed by atoms with Crippen LogP contribution in [0.4, 0.5) is 4.39 Å². The number of carbonyl (C=O) groups is 2. The number of hydrogen-bond donors (Lipinski definition) is 1. The van der Waals surface area contributed by atoms with E-state index in [9.17, 15) is 14.0 Å². The maximum Gasteiger partial charge on any atom is 0.343 e. The number of hydrazone groups is 1. The van der Waals surface area contributed by atoms with Gasteiger partial charge in [0.05, 0.1) is 18.9 Å². The van der Waals surface area contributed by atoms with Crippen LogP contribution in [0.1, 0.15) is 26.3 Å². The van der Waals surface area contributed by atoms with Crippen molar-refractivity contribution in [3.63, 3.8) is 0 Å². The molecule has 3 aromatic rings. The molecule has 8 heteroatoms. The number of esters is 1. The number of nitrogens with zero attached hydrogens (tertiary/aromatic N) is 1. The van der Waals surface area contributed by atoms with Crippen molar-refractivity contribution in [3.05, 3.63) is 93.7 Å². The highest BCUT2D eigenvalue weighted by Crippen LogP contribution is 2.28. The van der Waals surface area contributed by atoms with Crippen LogP contribution >= 0.6 is 15.9 Å². The highest BCUT2D eigenvalue weighted by molar-refractivity contribution is 9.10. The van der Waals surface area contributed by atoms with Crippen molar-refractivity contribution in [1.29, 1.82) is 0 Å². The lowest BCUT2D eigenvalue weighted by Crippen LogP contribution is -2.17. The predicted molar refractivity (Wildman–Crippen MR) is 114 cm³/mol. The maximum absolute atomic E-state index is 12.9. The average molecular weight is 471 g/mol. The van der Waals surface area contributed by atoms with Gasteiger partial charge >= 0.3 is 5.97 Å². The molecule has 0 aromatic heterocycles. The van der Waals surface area contributed by atoms with Crippen LogP contribution in [0.25, 0.3) is 0 Å². The van der Waals surface area contributed by atoms with Crippen LogP contribution in [0.2, 0.25) is 0 Å². The Morgan fingerprint density at radius 1 is 1.00 bits per heavy atom. The fraction of sp³-hybridized carbons (Fsp3) is 0.0455. The molecule has 3 aromatic carbocycles. The number of rotatable bonds is 6. The summed E-state index contributed by atoms with van der Waals surface area (Å²) in [6.07, 6.45) is 1.41. The van der Waals surface area contributed by atoms with Gasteiger partial charge in [-0.15, -0.1) is 0 Å². The van der Waals surface area contributed by atoms with Crippen molar-refractivity contribution in [3.8, 4) is 11.5 Å². The summed E-state index contributed by atoms with van der Waals surface area (Å²) in [6.45, 7) is 0. The summed E-state index contributed by atoms with van der Waals surface area (Å²) < 4.78 is 24.4. The minimum Gasteiger partial charge on any atom is -0.493 e. The first-order chi connectivity index (χ1) is 14.5. The van der Waals surface area contributed by atoms with Crippen molar-refractivity contribution in [1.82, 2.24) is 5.43 Å². The summed E-state index contributed by atoms with van der Waals surface area (Å²) in [5, 5.41) is 3.88. The van der Waals surface area contributed by atoms with Crippen molar-refractivity contribution in [2.75, 3.05) is 7.11 Å². The molecule has 0 aliphatic carbocycles. The maximum atomic E-state index is 12.9. The van der Waals surface area contributed by atoms with Gasteiger partial charge in [0.15, 0.2) is 11.5 Å². The quantitative estimate of drug-likeness (QED) is 0.247. The van der Waals surface area contributed by atoms with Gasteiger partial charge in [-0.2, -0.15) is 5.10 Å². The third kappa shape index (κ3) is 5.51. The molecule has 152 valence electrons. The molecular formula is C22H16BrFN2O4. The lowest BCUT2D eigenvalue weighted by atomic mass is 10.2. The van der Waals surface area contributed by atoms with E-state index in [0.717, 1.165) is 4.47 Å². The molecule has 1 N–H and O–H groups in total. The summed E-state index contributed by atoms with van der Waals surface area (Å²) >= 11 is 3.31. The Labute approximate surface area is 180 Å². The number of amides is 1. The Balaban J connectivity index is 1.67. The van der Waals surface area contributed by atoms with Gasteiger partial charge in [-0.1, -0.05) is 22.0 Å². The van der Waals surface area contributed by atoms with E-state index >= 15 is 0 Å². The van der Waals surface area contributed by atoms with Gasteiger partial charge in [-0.05, 0) is 66.2 Å². The molecule has 6 nitrogen and oxygen atoms in total. The molecule has 3 rings (SSSR count). The Hall–Kier alpha value is -3.52. The molecule has 0 spiro atoms. The van der Waals surface area contributed by atoms with Crippen LogP contribution in [0.3, 0.4) is 0 Å². The second-order valence-electron chi connectivity index (χ2n) is 6.02. The molecule has 0 radical (unpaired) electrons. The normalized spacial score (nSPS) is 10.6. The lowest BCUT2D eigenvalue weighted by Gasteiger charge is -2.10. The topological polar surface area (TPSA) is 77.0 Å². The van der Waals surface area contributed by atoms with E-state index in [0.29, 0.717) is 16.9 Å². The number of methoxy groups -OCH3 is 1. The Morgan fingerprint density at radius 2 is 1.77 bits per heavy atom. The van der Waals surface area contributed by atoms with E-state index in [4.69, 9.17) is 9.47 Å². The number of benzene rings is 3. The van der Waals surface area contributed by atoms with Gasteiger partial charge < -0.3 is 9.47 Å². The van der Waals surface area contributed by atoms with Gasteiger partial charge in [0.1, 0.15) is 5.82 Å². The molecule has 1 amide bonds. The fourth-order valence-corrected chi connectivity index (χ4v) is 2.85. The zero-order valence-electron chi connectivity index (χ0n) is 15.8. The van der Waals surface area contributed by atoms with Crippen LogP contribution < -0.4 is 14.9 Å². The zero-order valence-corrected chi connectivity index (χ0v) is 17.4. The molecule has 0 saturated heterocycles. The van der Waals surface area contributed by atoms with Gasteiger partial charge in [-0.3, -0.25) is 4.79 Å². The number of nitrogens with one attached hydrogen (secondary N) is 1. The molecule has 0 atom stereocenters. The number of halogens is 2. The predicted octanol–water partition coefficient (Wildman–Crippen LogP) is 4.58. The number of carbonyl (C=O) groups excluding carboxylic acids is 2. The minimum absolute atomic E-state index is 0.245. The summed E-state index contributed by atoms with van der Waals surface area (Å²) in [5.74, 6) is -0.856. The summed E-state index contributed by atoms with van der Waals surface area (Å²) in [7, 11) is 1.45. The SMILES string of the molecule is COc1cc(C=NNC(=O)c2ccc(F)cc2)ccc1OC(=O)c1cccc(Br)c1. The molecule has 0 aliphatic rings. The average Bonchev–Trinajstić information content (AvgIpc) is 2.75.